The lowest BCUT2D eigenvalue weighted by atomic mass is 10.2. The number of carboxylic acid groups (broad SMARTS) is 2. The molecule has 2 amide bonds. The van der Waals surface area contributed by atoms with Gasteiger partial charge in [0.15, 0.2) is 5.11 Å². The summed E-state index contributed by atoms with van der Waals surface area (Å²) in [6, 6.07) is 0. The second-order valence-corrected chi connectivity index (χ2v) is 4.56. The van der Waals surface area contributed by atoms with Crippen molar-refractivity contribution >= 4 is 41.1 Å². The van der Waals surface area contributed by atoms with E-state index in [1.54, 1.807) is 0 Å². The summed E-state index contributed by atoms with van der Waals surface area (Å²) >= 11 is 5.00. The number of carbonyl (C=O) groups is 4. The molecule has 0 aliphatic carbocycles. The van der Waals surface area contributed by atoms with E-state index in [-0.39, 0.29) is 43.9 Å². The molecule has 1 saturated heterocycles. The van der Waals surface area contributed by atoms with Crippen LogP contribution in [0.1, 0.15) is 25.7 Å². The summed E-state index contributed by atoms with van der Waals surface area (Å²) in [4.78, 5) is 46.5. The fraction of sp³-hybridized carbons (Fsp3) is 0.545. The minimum atomic E-state index is -1.07. The maximum Gasteiger partial charge on any atom is 0.305 e. The van der Waals surface area contributed by atoms with E-state index in [4.69, 9.17) is 22.4 Å². The Balaban J connectivity index is 2.67. The van der Waals surface area contributed by atoms with Gasteiger partial charge >= 0.3 is 11.9 Å². The summed E-state index contributed by atoms with van der Waals surface area (Å²) < 4.78 is 0. The van der Waals surface area contributed by atoms with E-state index in [1.807, 2.05) is 0 Å². The zero-order chi connectivity index (χ0) is 15.3. The molecule has 1 heterocycles. The van der Waals surface area contributed by atoms with Gasteiger partial charge in [-0.3, -0.25) is 29.0 Å². The van der Waals surface area contributed by atoms with Crippen LogP contribution in [0.2, 0.25) is 0 Å². The summed E-state index contributed by atoms with van der Waals surface area (Å²) in [5.74, 6) is -3.08. The van der Waals surface area contributed by atoms with Crippen LogP contribution in [0, 0.1) is 0 Å². The molecule has 1 rings (SSSR count). The molecule has 0 unspecified atom stereocenters. The highest BCUT2D eigenvalue weighted by atomic mass is 32.1. The van der Waals surface area contributed by atoms with Gasteiger partial charge in [-0.1, -0.05) is 0 Å². The standard InChI is InChI=1S/C11H14N2O6S/c14-7-6-8(15)13(5-3-10(18)19)11(20)12(7)4-1-2-9(16)17/h1-6H2,(H,16,17)(H,18,19). The zero-order valence-corrected chi connectivity index (χ0v) is 11.4. The van der Waals surface area contributed by atoms with E-state index >= 15 is 0 Å². The molecule has 1 aliphatic rings. The van der Waals surface area contributed by atoms with Crippen molar-refractivity contribution in [3.05, 3.63) is 0 Å². The first-order chi connectivity index (χ1) is 9.32. The van der Waals surface area contributed by atoms with Crippen molar-refractivity contribution in [2.24, 2.45) is 0 Å². The number of hydrogen-bond donors (Lipinski definition) is 2. The fourth-order valence-electron chi connectivity index (χ4n) is 1.72. The van der Waals surface area contributed by atoms with Crippen molar-refractivity contribution in [1.82, 2.24) is 9.80 Å². The van der Waals surface area contributed by atoms with E-state index < -0.39 is 23.8 Å². The number of hydrogen-bond acceptors (Lipinski definition) is 5. The molecule has 0 spiro atoms. The molecule has 0 aromatic carbocycles. The monoisotopic (exact) mass is 302 g/mol. The normalized spacial score (nSPS) is 15.7. The van der Waals surface area contributed by atoms with Gasteiger partial charge < -0.3 is 10.2 Å². The van der Waals surface area contributed by atoms with Gasteiger partial charge in [0.1, 0.15) is 6.42 Å². The Morgan fingerprint density at radius 1 is 1.00 bits per heavy atom. The summed E-state index contributed by atoms with van der Waals surface area (Å²) in [6.07, 6.45) is -0.562. The zero-order valence-electron chi connectivity index (χ0n) is 10.6. The van der Waals surface area contributed by atoms with Crippen LogP contribution in [0.25, 0.3) is 0 Å². The Hall–Kier alpha value is -2.03. The third kappa shape index (κ3) is 4.26. The molecule has 0 saturated carbocycles. The van der Waals surface area contributed by atoms with Crippen LogP contribution in [-0.2, 0) is 19.2 Å². The molecular formula is C11H14N2O6S. The molecule has 110 valence electrons. The molecule has 20 heavy (non-hydrogen) atoms. The quantitative estimate of drug-likeness (QED) is 0.489. The van der Waals surface area contributed by atoms with Crippen molar-refractivity contribution in [2.75, 3.05) is 13.1 Å². The maximum absolute atomic E-state index is 11.7. The van der Waals surface area contributed by atoms with Gasteiger partial charge in [0, 0.05) is 19.5 Å². The molecular weight excluding hydrogens is 288 g/mol. The first-order valence-corrected chi connectivity index (χ1v) is 6.32. The minimum Gasteiger partial charge on any atom is -0.481 e. The van der Waals surface area contributed by atoms with Crippen molar-refractivity contribution in [3.63, 3.8) is 0 Å². The van der Waals surface area contributed by atoms with E-state index in [0.717, 1.165) is 9.80 Å². The molecule has 0 aromatic rings. The van der Waals surface area contributed by atoms with E-state index in [2.05, 4.69) is 0 Å². The number of nitrogens with zero attached hydrogens (tertiary/aromatic N) is 2. The van der Waals surface area contributed by atoms with Crippen LogP contribution in [0.4, 0.5) is 0 Å². The topological polar surface area (TPSA) is 115 Å². The van der Waals surface area contributed by atoms with Crippen molar-refractivity contribution < 1.29 is 29.4 Å². The molecule has 0 bridgehead atoms. The molecule has 8 nitrogen and oxygen atoms in total. The summed E-state index contributed by atoms with van der Waals surface area (Å²) in [6.45, 7) is -0.00344. The predicted molar refractivity (Wildman–Crippen MR) is 69.8 cm³/mol. The number of thiocarbonyl (C=S) groups is 1. The number of rotatable bonds is 7. The van der Waals surface area contributed by atoms with Crippen LogP contribution >= 0.6 is 12.2 Å². The van der Waals surface area contributed by atoms with Crippen LogP contribution < -0.4 is 0 Å². The van der Waals surface area contributed by atoms with Crippen molar-refractivity contribution in [3.8, 4) is 0 Å². The number of aliphatic carboxylic acids is 2. The lowest BCUT2D eigenvalue weighted by molar-refractivity contribution is -0.142. The van der Waals surface area contributed by atoms with Crippen LogP contribution in [0.3, 0.4) is 0 Å². The Bertz CT molecular complexity index is 464. The summed E-state index contributed by atoms with van der Waals surface area (Å²) in [5, 5.41) is 17.1. The minimum absolute atomic E-state index is 0.0575. The van der Waals surface area contributed by atoms with E-state index in [1.165, 1.54) is 0 Å². The van der Waals surface area contributed by atoms with Crippen LogP contribution in [-0.4, -0.2) is 62.0 Å². The average molecular weight is 302 g/mol. The smallest absolute Gasteiger partial charge is 0.305 e. The third-order valence-corrected chi connectivity index (χ3v) is 3.13. The average Bonchev–Trinajstić information content (AvgIpc) is 2.32. The van der Waals surface area contributed by atoms with Gasteiger partial charge in [-0.2, -0.15) is 0 Å². The predicted octanol–water partition coefficient (Wildman–Crippen LogP) is -0.328. The Morgan fingerprint density at radius 2 is 1.50 bits per heavy atom. The lowest BCUT2D eigenvalue weighted by Gasteiger charge is -2.35. The van der Waals surface area contributed by atoms with Gasteiger partial charge in [-0.15, -0.1) is 0 Å². The van der Waals surface area contributed by atoms with Gasteiger partial charge in [0.25, 0.3) is 0 Å². The first kappa shape index (κ1) is 16.0. The molecule has 0 atom stereocenters. The molecule has 0 radical (unpaired) electrons. The fourth-order valence-corrected chi connectivity index (χ4v) is 2.10. The summed E-state index contributed by atoms with van der Waals surface area (Å²) in [5.41, 5.74) is 0. The molecule has 1 fully saturated rings. The maximum atomic E-state index is 11.7. The number of amides is 2. The van der Waals surface area contributed by atoms with Gasteiger partial charge in [0.2, 0.25) is 11.8 Å². The van der Waals surface area contributed by atoms with Crippen LogP contribution in [0.15, 0.2) is 0 Å². The van der Waals surface area contributed by atoms with Crippen molar-refractivity contribution in [1.29, 1.82) is 0 Å². The summed E-state index contributed by atoms with van der Waals surface area (Å²) in [7, 11) is 0. The SMILES string of the molecule is O=C(O)CCCN1C(=O)CC(=O)N(CCC(=O)O)C1=S. The number of carbonyl (C=O) groups excluding carboxylic acids is 2. The highest BCUT2D eigenvalue weighted by Crippen LogP contribution is 2.14. The molecule has 1 aliphatic heterocycles. The van der Waals surface area contributed by atoms with Gasteiger partial charge in [-0.05, 0) is 18.6 Å². The lowest BCUT2D eigenvalue weighted by Crippen LogP contribution is -2.55. The van der Waals surface area contributed by atoms with Crippen molar-refractivity contribution in [2.45, 2.75) is 25.7 Å². The Morgan fingerprint density at radius 3 is 2.00 bits per heavy atom. The van der Waals surface area contributed by atoms with E-state index in [0.29, 0.717) is 0 Å². The Labute approximate surface area is 119 Å². The van der Waals surface area contributed by atoms with E-state index in [9.17, 15) is 19.2 Å². The molecule has 2 N–H and O–H groups in total. The Kier molecular flexibility index (Phi) is 5.56. The second-order valence-electron chi connectivity index (χ2n) is 4.19. The second kappa shape index (κ2) is 6.94. The third-order valence-electron chi connectivity index (χ3n) is 2.69. The highest BCUT2D eigenvalue weighted by Gasteiger charge is 2.34. The molecule has 9 heteroatoms. The van der Waals surface area contributed by atoms with Crippen LogP contribution in [0.5, 0.6) is 0 Å². The largest absolute Gasteiger partial charge is 0.481 e. The first-order valence-electron chi connectivity index (χ1n) is 5.91. The van der Waals surface area contributed by atoms with Gasteiger partial charge in [-0.25, -0.2) is 0 Å². The van der Waals surface area contributed by atoms with Gasteiger partial charge in [0.05, 0.1) is 6.42 Å². The highest BCUT2D eigenvalue weighted by molar-refractivity contribution is 7.80. The number of carboxylic acids is 2. The molecule has 0 aromatic heterocycles.